The van der Waals surface area contributed by atoms with Gasteiger partial charge in [0.2, 0.25) is 0 Å². The largest absolute Gasteiger partial charge is 0.508 e. The van der Waals surface area contributed by atoms with E-state index in [2.05, 4.69) is 20.5 Å². The molecule has 86 valence electrons. The number of benzene rings is 1. The number of nitrogens with zero attached hydrogens (tertiary/aromatic N) is 3. The number of halogens is 1. The lowest BCUT2D eigenvalue weighted by atomic mass is 10.2. The number of hydrazone groups is 1. The molecule has 0 saturated heterocycles. The number of rotatable bonds is 3. The lowest BCUT2D eigenvalue weighted by Crippen LogP contribution is -1.95. The first-order valence-corrected chi connectivity index (χ1v) is 5.18. The summed E-state index contributed by atoms with van der Waals surface area (Å²) in [6.45, 7) is 0. The zero-order valence-electron chi connectivity index (χ0n) is 8.71. The Morgan fingerprint density at radius 1 is 1.29 bits per heavy atom. The highest BCUT2D eigenvalue weighted by Gasteiger charge is 1.98. The van der Waals surface area contributed by atoms with Crippen LogP contribution in [0.3, 0.4) is 0 Å². The molecule has 1 heterocycles. The van der Waals surface area contributed by atoms with Crippen molar-refractivity contribution in [3.8, 4) is 5.75 Å². The second-order valence-corrected chi connectivity index (χ2v) is 3.52. The Morgan fingerprint density at radius 2 is 2.12 bits per heavy atom. The predicted molar refractivity (Wildman–Crippen MR) is 66.4 cm³/mol. The maximum atomic E-state index is 9.25. The summed E-state index contributed by atoms with van der Waals surface area (Å²) in [6.07, 6.45) is 4.55. The van der Waals surface area contributed by atoms with Crippen LogP contribution < -0.4 is 5.43 Å². The molecule has 0 atom stereocenters. The van der Waals surface area contributed by atoms with Crippen LogP contribution in [0.15, 0.2) is 41.8 Å². The standard InChI is InChI=1S/C11H9ClN4O/c12-10-11(14-5-4-13-10)16-15-7-8-2-1-3-9(17)6-8/h1-7,17H,(H,14,16)/b15-7+. The molecule has 1 aromatic carbocycles. The summed E-state index contributed by atoms with van der Waals surface area (Å²) in [7, 11) is 0. The van der Waals surface area contributed by atoms with Gasteiger partial charge in [-0.2, -0.15) is 5.10 Å². The van der Waals surface area contributed by atoms with Gasteiger partial charge in [-0.3, -0.25) is 5.43 Å². The number of aromatic nitrogens is 2. The van der Waals surface area contributed by atoms with E-state index < -0.39 is 0 Å². The summed E-state index contributed by atoms with van der Waals surface area (Å²) < 4.78 is 0. The van der Waals surface area contributed by atoms with Crippen LogP contribution in [-0.2, 0) is 0 Å². The van der Waals surface area contributed by atoms with Gasteiger partial charge >= 0.3 is 0 Å². The number of hydrogen-bond donors (Lipinski definition) is 2. The molecular formula is C11H9ClN4O. The number of hydrogen-bond acceptors (Lipinski definition) is 5. The van der Waals surface area contributed by atoms with Gasteiger partial charge in [0.05, 0.1) is 6.21 Å². The van der Waals surface area contributed by atoms with Crippen molar-refractivity contribution in [2.75, 3.05) is 5.43 Å². The van der Waals surface area contributed by atoms with Crippen LogP contribution in [0.25, 0.3) is 0 Å². The van der Waals surface area contributed by atoms with Crippen LogP contribution in [0, 0.1) is 0 Å². The van der Waals surface area contributed by atoms with Crippen LogP contribution in [0.1, 0.15) is 5.56 Å². The van der Waals surface area contributed by atoms with E-state index in [1.807, 2.05) is 6.07 Å². The molecule has 2 N–H and O–H groups in total. The third-order valence-corrected chi connectivity index (χ3v) is 2.18. The van der Waals surface area contributed by atoms with Gasteiger partial charge in [0.15, 0.2) is 11.0 Å². The van der Waals surface area contributed by atoms with Crippen LogP contribution in [-0.4, -0.2) is 21.3 Å². The highest BCUT2D eigenvalue weighted by molar-refractivity contribution is 6.31. The van der Waals surface area contributed by atoms with E-state index in [9.17, 15) is 5.11 Å². The Balaban J connectivity index is 2.06. The fourth-order valence-corrected chi connectivity index (χ4v) is 1.32. The molecule has 1 aromatic heterocycles. The second-order valence-electron chi connectivity index (χ2n) is 3.16. The number of phenolic OH excluding ortho intramolecular Hbond substituents is 1. The Morgan fingerprint density at radius 3 is 2.88 bits per heavy atom. The molecule has 6 heteroatoms. The smallest absolute Gasteiger partial charge is 0.184 e. The van der Waals surface area contributed by atoms with Crippen LogP contribution >= 0.6 is 11.6 Å². The molecule has 0 saturated carbocycles. The first kappa shape index (κ1) is 11.3. The van der Waals surface area contributed by atoms with Crippen molar-refractivity contribution in [2.24, 2.45) is 5.10 Å². The van der Waals surface area contributed by atoms with Crippen molar-refractivity contribution < 1.29 is 5.11 Å². The maximum Gasteiger partial charge on any atom is 0.184 e. The Hall–Kier alpha value is -2.14. The lowest BCUT2D eigenvalue weighted by Gasteiger charge is -1.99. The molecule has 0 aliphatic heterocycles. The Bertz CT molecular complexity index is 544. The first-order valence-electron chi connectivity index (χ1n) is 4.80. The van der Waals surface area contributed by atoms with E-state index in [0.29, 0.717) is 5.82 Å². The number of phenols is 1. The average Bonchev–Trinajstić information content (AvgIpc) is 2.32. The van der Waals surface area contributed by atoms with Gasteiger partial charge in [-0.1, -0.05) is 23.7 Å². The van der Waals surface area contributed by atoms with Crippen molar-refractivity contribution in [1.29, 1.82) is 0 Å². The number of aromatic hydroxyl groups is 1. The molecule has 17 heavy (non-hydrogen) atoms. The van der Waals surface area contributed by atoms with Gasteiger partial charge in [0, 0.05) is 12.4 Å². The quantitative estimate of drug-likeness (QED) is 0.646. The molecule has 2 aromatic rings. The maximum absolute atomic E-state index is 9.25. The van der Waals surface area contributed by atoms with Crippen molar-refractivity contribution in [2.45, 2.75) is 0 Å². The summed E-state index contributed by atoms with van der Waals surface area (Å²) in [4.78, 5) is 7.80. The minimum absolute atomic E-state index is 0.187. The number of nitrogens with one attached hydrogen (secondary N) is 1. The zero-order chi connectivity index (χ0) is 12.1. The lowest BCUT2D eigenvalue weighted by molar-refractivity contribution is 0.475. The average molecular weight is 249 g/mol. The molecule has 0 unspecified atom stereocenters. The minimum atomic E-state index is 0.187. The summed E-state index contributed by atoms with van der Waals surface area (Å²) >= 11 is 5.78. The van der Waals surface area contributed by atoms with E-state index in [0.717, 1.165) is 5.56 Å². The van der Waals surface area contributed by atoms with Gasteiger partial charge in [-0.15, -0.1) is 0 Å². The van der Waals surface area contributed by atoms with Gasteiger partial charge in [-0.05, 0) is 17.7 Å². The third-order valence-electron chi connectivity index (χ3n) is 1.91. The molecule has 0 amide bonds. The van der Waals surface area contributed by atoms with E-state index in [4.69, 9.17) is 11.6 Å². The minimum Gasteiger partial charge on any atom is -0.508 e. The number of anilines is 1. The molecule has 2 rings (SSSR count). The van der Waals surface area contributed by atoms with Gasteiger partial charge in [0.25, 0.3) is 0 Å². The SMILES string of the molecule is Oc1cccc(/C=N/Nc2nccnc2Cl)c1. The predicted octanol–water partition coefficient (Wildman–Crippen LogP) is 2.28. The molecule has 0 spiro atoms. The van der Waals surface area contributed by atoms with Crippen LogP contribution in [0.2, 0.25) is 5.15 Å². The topological polar surface area (TPSA) is 70.4 Å². The fourth-order valence-electron chi connectivity index (χ4n) is 1.17. The highest BCUT2D eigenvalue weighted by atomic mass is 35.5. The van der Waals surface area contributed by atoms with Crippen molar-refractivity contribution in [1.82, 2.24) is 9.97 Å². The molecule has 0 radical (unpaired) electrons. The van der Waals surface area contributed by atoms with Gasteiger partial charge in [-0.25, -0.2) is 9.97 Å². The fraction of sp³-hybridized carbons (Fsp3) is 0. The van der Waals surface area contributed by atoms with Crippen molar-refractivity contribution >= 4 is 23.6 Å². The molecule has 0 aliphatic rings. The summed E-state index contributed by atoms with van der Waals surface area (Å²) in [6, 6.07) is 6.71. The molecule has 5 nitrogen and oxygen atoms in total. The second kappa shape index (κ2) is 5.27. The van der Waals surface area contributed by atoms with Crippen LogP contribution in [0.4, 0.5) is 5.82 Å². The molecule has 0 aliphatic carbocycles. The van der Waals surface area contributed by atoms with Crippen molar-refractivity contribution in [3.05, 3.63) is 47.4 Å². The van der Waals surface area contributed by atoms with Crippen molar-refractivity contribution in [3.63, 3.8) is 0 Å². The van der Waals surface area contributed by atoms with E-state index in [1.54, 1.807) is 24.4 Å². The summed E-state index contributed by atoms with van der Waals surface area (Å²) in [5.41, 5.74) is 3.42. The monoisotopic (exact) mass is 248 g/mol. The van der Waals surface area contributed by atoms with E-state index in [-0.39, 0.29) is 10.9 Å². The summed E-state index contributed by atoms with van der Waals surface area (Å²) in [5.74, 6) is 0.567. The molecule has 0 bridgehead atoms. The van der Waals surface area contributed by atoms with Crippen LogP contribution in [0.5, 0.6) is 5.75 Å². The highest BCUT2D eigenvalue weighted by Crippen LogP contribution is 2.14. The van der Waals surface area contributed by atoms with Gasteiger partial charge in [0.1, 0.15) is 5.75 Å². The van der Waals surface area contributed by atoms with E-state index >= 15 is 0 Å². The first-order chi connectivity index (χ1) is 8.25. The van der Waals surface area contributed by atoms with E-state index in [1.165, 1.54) is 12.4 Å². The molecule has 0 fully saturated rings. The zero-order valence-corrected chi connectivity index (χ0v) is 9.46. The summed E-state index contributed by atoms with van der Waals surface area (Å²) in [5, 5.41) is 13.4. The molecular weight excluding hydrogens is 240 g/mol. The Kier molecular flexibility index (Phi) is 3.52. The Labute approximate surface area is 103 Å². The normalized spacial score (nSPS) is 10.6. The third kappa shape index (κ3) is 3.15. The van der Waals surface area contributed by atoms with Gasteiger partial charge < -0.3 is 5.11 Å².